The molecule has 0 bridgehead atoms. The second-order valence-electron chi connectivity index (χ2n) is 7.97. The summed E-state index contributed by atoms with van der Waals surface area (Å²) < 4.78 is 0. The molecule has 1 aromatic carbocycles. The van der Waals surface area contributed by atoms with Gasteiger partial charge >= 0.3 is 0 Å². The van der Waals surface area contributed by atoms with Crippen molar-refractivity contribution in [1.82, 2.24) is 4.90 Å². The van der Waals surface area contributed by atoms with E-state index in [1.54, 1.807) is 0 Å². The first-order valence-electron chi connectivity index (χ1n) is 9.84. The van der Waals surface area contributed by atoms with Crippen LogP contribution in [0.5, 0.6) is 5.75 Å². The van der Waals surface area contributed by atoms with Gasteiger partial charge < -0.3 is 5.11 Å². The van der Waals surface area contributed by atoms with E-state index in [2.05, 4.69) is 50.5 Å². The highest BCUT2D eigenvalue weighted by molar-refractivity contribution is 5.72. The molecule has 138 valence electrons. The maximum Gasteiger partial charge on any atom is 0.123 e. The summed E-state index contributed by atoms with van der Waals surface area (Å²) in [6, 6.07) is 6.31. The Hall–Kier alpha value is -1.54. The van der Waals surface area contributed by atoms with E-state index in [9.17, 15) is 5.11 Å². The summed E-state index contributed by atoms with van der Waals surface area (Å²) in [6.07, 6.45) is 11.6. The Morgan fingerprint density at radius 3 is 2.72 bits per heavy atom. The molecule has 0 aromatic heterocycles. The summed E-state index contributed by atoms with van der Waals surface area (Å²) in [5.41, 5.74) is 3.57. The van der Waals surface area contributed by atoms with Crippen molar-refractivity contribution in [2.24, 2.45) is 0 Å². The number of hydrogen-bond donors (Lipinski definition) is 1. The molecular formula is C23H35NO. The number of hydrogen-bond acceptors (Lipinski definition) is 2. The maximum absolute atomic E-state index is 10.7. The number of aromatic hydroxyl groups is 1. The predicted molar refractivity (Wildman–Crippen MR) is 109 cm³/mol. The quantitative estimate of drug-likeness (QED) is 0.445. The van der Waals surface area contributed by atoms with Gasteiger partial charge in [0.1, 0.15) is 5.75 Å². The van der Waals surface area contributed by atoms with Crippen molar-refractivity contribution in [3.8, 4) is 5.75 Å². The summed E-state index contributed by atoms with van der Waals surface area (Å²) in [7, 11) is 0. The molecule has 0 aliphatic carbocycles. The standard InChI is InChI=1S/C23H35NO/c1-5-7-8-9-14-23(3,4)20-12-13-21(22(25)17-20)19-11-10-16-24(18-19)15-6-2/h6,11-13,17,25H,2,5,7-10,14-16,18H2,1,3-4H3. The van der Waals surface area contributed by atoms with Gasteiger partial charge in [0.25, 0.3) is 0 Å². The third kappa shape index (κ3) is 5.47. The normalized spacial score (nSPS) is 15.9. The number of phenolic OH excluding ortho intramolecular Hbond substituents is 1. The van der Waals surface area contributed by atoms with Crippen molar-refractivity contribution >= 4 is 5.57 Å². The maximum atomic E-state index is 10.7. The fourth-order valence-electron chi connectivity index (χ4n) is 3.70. The van der Waals surface area contributed by atoms with E-state index >= 15 is 0 Å². The summed E-state index contributed by atoms with van der Waals surface area (Å²) in [5.74, 6) is 0.422. The van der Waals surface area contributed by atoms with Gasteiger partial charge in [-0.05, 0) is 35.5 Å². The van der Waals surface area contributed by atoms with E-state index in [1.165, 1.54) is 43.2 Å². The van der Waals surface area contributed by atoms with Crippen LogP contribution < -0.4 is 0 Å². The Labute approximate surface area is 154 Å². The fraction of sp³-hybridized carbons (Fsp3) is 0.565. The van der Waals surface area contributed by atoms with Crippen LogP contribution in [0.1, 0.15) is 70.4 Å². The van der Waals surface area contributed by atoms with Crippen molar-refractivity contribution in [3.63, 3.8) is 0 Å². The van der Waals surface area contributed by atoms with E-state index in [0.717, 1.165) is 31.6 Å². The average Bonchev–Trinajstić information content (AvgIpc) is 2.59. The van der Waals surface area contributed by atoms with Gasteiger partial charge in [-0.15, -0.1) is 6.58 Å². The molecule has 2 heteroatoms. The zero-order chi connectivity index (χ0) is 18.3. The van der Waals surface area contributed by atoms with Crippen LogP contribution >= 0.6 is 0 Å². The summed E-state index contributed by atoms with van der Waals surface area (Å²) in [5, 5.41) is 10.7. The topological polar surface area (TPSA) is 23.5 Å². The first-order chi connectivity index (χ1) is 12.0. The van der Waals surface area contributed by atoms with Gasteiger partial charge in [0.15, 0.2) is 0 Å². The van der Waals surface area contributed by atoms with Gasteiger partial charge in [0.2, 0.25) is 0 Å². The van der Waals surface area contributed by atoms with Gasteiger partial charge in [-0.3, -0.25) is 4.90 Å². The van der Waals surface area contributed by atoms with Crippen LogP contribution in [0.15, 0.2) is 36.9 Å². The van der Waals surface area contributed by atoms with Gasteiger partial charge in [0.05, 0.1) is 0 Å². The number of phenols is 1. The van der Waals surface area contributed by atoms with Crippen molar-refractivity contribution < 1.29 is 5.11 Å². The van der Waals surface area contributed by atoms with Gasteiger partial charge in [-0.25, -0.2) is 0 Å². The molecule has 0 spiro atoms. The molecule has 1 aliphatic rings. The first-order valence-corrected chi connectivity index (χ1v) is 9.84. The molecule has 0 radical (unpaired) electrons. The molecule has 2 rings (SSSR count). The summed E-state index contributed by atoms with van der Waals surface area (Å²) >= 11 is 0. The zero-order valence-corrected chi connectivity index (χ0v) is 16.4. The van der Waals surface area contributed by atoms with Crippen LogP contribution in [0.25, 0.3) is 5.57 Å². The van der Waals surface area contributed by atoms with Crippen molar-refractivity contribution in [2.75, 3.05) is 19.6 Å². The van der Waals surface area contributed by atoms with E-state index < -0.39 is 0 Å². The fourth-order valence-corrected chi connectivity index (χ4v) is 3.70. The molecule has 0 unspecified atom stereocenters. The first kappa shape index (κ1) is 19.8. The Kier molecular flexibility index (Phi) is 7.31. The van der Waals surface area contributed by atoms with Crippen LogP contribution in [0.4, 0.5) is 0 Å². The lowest BCUT2D eigenvalue weighted by molar-refractivity contribution is 0.337. The molecule has 25 heavy (non-hydrogen) atoms. The minimum atomic E-state index is 0.111. The average molecular weight is 342 g/mol. The Morgan fingerprint density at radius 2 is 2.04 bits per heavy atom. The Morgan fingerprint density at radius 1 is 1.24 bits per heavy atom. The minimum Gasteiger partial charge on any atom is -0.507 e. The molecule has 0 atom stereocenters. The highest BCUT2D eigenvalue weighted by atomic mass is 16.3. The van der Waals surface area contributed by atoms with E-state index in [4.69, 9.17) is 0 Å². The molecule has 1 aliphatic heterocycles. The largest absolute Gasteiger partial charge is 0.507 e. The second kappa shape index (κ2) is 9.24. The number of nitrogens with zero attached hydrogens (tertiary/aromatic N) is 1. The zero-order valence-electron chi connectivity index (χ0n) is 16.4. The summed E-state index contributed by atoms with van der Waals surface area (Å²) in [4.78, 5) is 2.37. The Balaban J connectivity index is 2.09. The number of rotatable bonds is 9. The van der Waals surface area contributed by atoms with Gasteiger partial charge in [0, 0.05) is 25.2 Å². The van der Waals surface area contributed by atoms with Gasteiger partial charge in [-0.1, -0.05) is 70.7 Å². The van der Waals surface area contributed by atoms with Crippen LogP contribution in [-0.4, -0.2) is 29.6 Å². The molecule has 2 nitrogen and oxygen atoms in total. The SMILES string of the molecule is C=CCN1CCC=C(c2ccc(C(C)(C)CCCCCC)cc2O)C1. The monoisotopic (exact) mass is 341 g/mol. The van der Waals surface area contributed by atoms with Crippen molar-refractivity contribution in [2.45, 2.75) is 64.7 Å². The third-order valence-electron chi connectivity index (χ3n) is 5.40. The van der Waals surface area contributed by atoms with Crippen LogP contribution in [0.3, 0.4) is 0 Å². The highest BCUT2D eigenvalue weighted by Gasteiger charge is 2.22. The number of unbranched alkanes of at least 4 members (excludes halogenated alkanes) is 3. The van der Waals surface area contributed by atoms with Crippen molar-refractivity contribution in [1.29, 1.82) is 0 Å². The molecule has 1 aromatic rings. The lowest BCUT2D eigenvalue weighted by atomic mass is 9.79. The molecule has 0 fully saturated rings. The molecule has 0 amide bonds. The van der Waals surface area contributed by atoms with Gasteiger partial charge in [-0.2, -0.15) is 0 Å². The van der Waals surface area contributed by atoms with E-state index in [1.807, 2.05) is 12.1 Å². The predicted octanol–water partition coefficient (Wildman–Crippen LogP) is 5.92. The molecule has 1 N–H and O–H groups in total. The molecular weight excluding hydrogens is 306 g/mol. The smallest absolute Gasteiger partial charge is 0.123 e. The third-order valence-corrected chi connectivity index (χ3v) is 5.40. The lowest BCUT2D eigenvalue weighted by Crippen LogP contribution is -2.29. The van der Waals surface area contributed by atoms with Crippen LogP contribution in [-0.2, 0) is 5.41 Å². The number of benzene rings is 1. The molecule has 1 heterocycles. The van der Waals surface area contributed by atoms with E-state index in [0.29, 0.717) is 5.75 Å². The van der Waals surface area contributed by atoms with E-state index in [-0.39, 0.29) is 5.41 Å². The second-order valence-corrected chi connectivity index (χ2v) is 7.97. The molecule has 0 saturated heterocycles. The molecule has 0 saturated carbocycles. The lowest BCUT2D eigenvalue weighted by Gasteiger charge is -2.28. The highest BCUT2D eigenvalue weighted by Crippen LogP contribution is 2.35. The van der Waals surface area contributed by atoms with Crippen LogP contribution in [0.2, 0.25) is 0 Å². The Bertz CT molecular complexity index is 600. The van der Waals surface area contributed by atoms with Crippen molar-refractivity contribution in [3.05, 3.63) is 48.1 Å². The minimum absolute atomic E-state index is 0.111. The summed E-state index contributed by atoms with van der Waals surface area (Å²) in [6.45, 7) is 13.5. The van der Waals surface area contributed by atoms with Crippen LogP contribution in [0, 0.1) is 0 Å².